The van der Waals surface area contributed by atoms with Gasteiger partial charge in [0.1, 0.15) is 5.69 Å². The maximum atomic E-state index is 12.5. The quantitative estimate of drug-likeness (QED) is 0.867. The number of alkyl halides is 3. The maximum Gasteiger partial charge on any atom is 0.433 e. The third-order valence-electron chi connectivity index (χ3n) is 2.99. The lowest BCUT2D eigenvalue weighted by molar-refractivity contribution is -0.141. The van der Waals surface area contributed by atoms with Gasteiger partial charge < -0.3 is 10.6 Å². The number of pyridine rings is 1. The van der Waals surface area contributed by atoms with E-state index in [1.165, 1.54) is 6.07 Å². The summed E-state index contributed by atoms with van der Waals surface area (Å²) in [5.74, 6) is 0.0719. The van der Waals surface area contributed by atoms with E-state index in [2.05, 4.69) is 15.6 Å². The number of anilines is 1. The number of hydrogen-bond acceptors (Lipinski definition) is 3. The fourth-order valence-corrected chi connectivity index (χ4v) is 2.00. The highest BCUT2D eigenvalue weighted by Crippen LogP contribution is 2.28. The molecule has 1 aromatic heterocycles. The first-order valence-electron chi connectivity index (χ1n) is 5.94. The Morgan fingerprint density at radius 1 is 1.53 bits per heavy atom. The van der Waals surface area contributed by atoms with Crippen LogP contribution in [0.3, 0.4) is 0 Å². The third-order valence-corrected chi connectivity index (χ3v) is 2.99. The number of amides is 1. The fourth-order valence-electron chi connectivity index (χ4n) is 2.00. The van der Waals surface area contributed by atoms with Crippen molar-refractivity contribution in [3.8, 4) is 0 Å². The summed E-state index contributed by atoms with van der Waals surface area (Å²) in [6.07, 6.45) is -2.80. The average Bonchev–Trinajstić information content (AvgIpc) is 2.75. The zero-order chi connectivity index (χ0) is 14.0. The Kier molecular flexibility index (Phi) is 3.75. The number of carbonyl (C=O) groups is 1. The smallest absolute Gasteiger partial charge is 0.325 e. The standard InChI is InChI=1S/C12H14F3N3O/c1-7-4-9(17-6-7)11(19)18-8-2-3-16-10(5-8)12(13,14)15/h2-3,5,7,9,17H,4,6H2,1H3,(H,16,18,19)/t7?,9-/m0/s1. The summed E-state index contributed by atoms with van der Waals surface area (Å²) in [5, 5.41) is 5.50. The molecule has 1 saturated heterocycles. The summed E-state index contributed by atoms with van der Waals surface area (Å²) in [4.78, 5) is 15.1. The van der Waals surface area contributed by atoms with E-state index in [4.69, 9.17) is 0 Å². The number of carbonyl (C=O) groups excluding carboxylic acids is 1. The van der Waals surface area contributed by atoms with Gasteiger partial charge in [-0.3, -0.25) is 9.78 Å². The van der Waals surface area contributed by atoms with Crippen LogP contribution in [0.4, 0.5) is 18.9 Å². The zero-order valence-electron chi connectivity index (χ0n) is 10.3. The Balaban J connectivity index is 2.05. The summed E-state index contributed by atoms with van der Waals surface area (Å²) >= 11 is 0. The van der Waals surface area contributed by atoms with Gasteiger partial charge in [0.2, 0.25) is 5.91 Å². The third kappa shape index (κ3) is 3.44. The van der Waals surface area contributed by atoms with E-state index in [1.54, 1.807) is 0 Å². The van der Waals surface area contributed by atoms with Crippen molar-refractivity contribution in [2.24, 2.45) is 5.92 Å². The van der Waals surface area contributed by atoms with Gasteiger partial charge in [0.05, 0.1) is 6.04 Å². The number of hydrogen-bond donors (Lipinski definition) is 2. The van der Waals surface area contributed by atoms with E-state index in [1.807, 2.05) is 6.92 Å². The molecular formula is C12H14F3N3O. The van der Waals surface area contributed by atoms with Crippen molar-refractivity contribution in [2.75, 3.05) is 11.9 Å². The van der Waals surface area contributed by atoms with Crippen LogP contribution < -0.4 is 10.6 Å². The molecule has 1 amide bonds. The molecule has 2 rings (SSSR count). The highest BCUT2D eigenvalue weighted by atomic mass is 19.4. The van der Waals surface area contributed by atoms with Crippen LogP contribution in [0.1, 0.15) is 19.0 Å². The minimum Gasteiger partial charge on any atom is -0.325 e. The number of halogens is 3. The van der Waals surface area contributed by atoms with E-state index in [0.29, 0.717) is 12.3 Å². The van der Waals surface area contributed by atoms with Crippen molar-refractivity contribution in [1.29, 1.82) is 0 Å². The molecule has 0 spiro atoms. The summed E-state index contributed by atoms with van der Waals surface area (Å²) in [5.41, 5.74) is -0.910. The van der Waals surface area contributed by atoms with Crippen molar-refractivity contribution in [3.63, 3.8) is 0 Å². The molecule has 0 radical (unpaired) electrons. The van der Waals surface area contributed by atoms with Gasteiger partial charge >= 0.3 is 6.18 Å². The maximum absolute atomic E-state index is 12.5. The molecule has 0 saturated carbocycles. The first-order valence-corrected chi connectivity index (χ1v) is 5.94. The van der Waals surface area contributed by atoms with E-state index in [0.717, 1.165) is 18.8 Å². The van der Waals surface area contributed by atoms with Crippen LogP contribution in [0.5, 0.6) is 0 Å². The molecule has 2 heterocycles. The van der Waals surface area contributed by atoms with E-state index in [-0.39, 0.29) is 17.6 Å². The molecule has 2 atom stereocenters. The lowest BCUT2D eigenvalue weighted by Gasteiger charge is -2.12. The minimum atomic E-state index is -4.51. The molecule has 0 aromatic carbocycles. The zero-order valence-corrected chi connectivity index (χ0v) is 10.3. The SMILES string of the molecule is CC1CN[C@H](C(=O)Nc2ccnc(C(F)(F)F)c2)C1. The molecule has 0 aliphatic carbocycles. The van der Waals surface area contributed by atoms with Gasteiger partial charge in [0.15, 0.2) is 0 Å². The average molecular weight is 273 g/mol. The van der Waals surface area contributed by atoms with Gasteiger partial charge in [-0.15, -0.1) is 0 Å². The van der Waals surface area contributed by atoms with Crippen LogP contribution in [0.15, 0.2) is 18.3 Å². The lowest BCUT2D eigenvalue weighted by Crippen LogP contribution is -2.35. The Labute approximate surface area is 108 Å². The molecule has 1 aliphatic heterocycles. The summed E-state index contributed by atoms with van der Waals surface area (Å²) < 4.78 is 37.4. The number of nitrogens with zero attached hydrogens (tertiary/aromatic N) is 1. The van der Waals surface area contributed by atoms with Crippen LogP contribution in [0, 0.1) is 5.92 Å². The van der Waals surface area contributed by atoms with Crippen LogP contribution >= 0.6 is 0 Å². The lowest BCUT2D eigenvalue weighted by atomic mass is 10.1. The summed E-state index contributed by atoms with van der Waals surface area (Å²) in [6.45, 7) is 2.75. The monoisotopic (exact) mass is 273 g/mol. The Morgan fingerprint density at radius 3 is 2.84 bits per heavy atom. The molecule has 4 nitrogen and oxygen atoms in total. The normalized spacial score (nSPS) is 23.4. The number of rotatable bonds is 2. The molecule has 104 valence electrons. The van der Waals surface area contributed by atoms with Gasteiger partial charge in [0, 0.05) is 11.9 Å². The molecule has 1 fully saturated rings. The van der Waals surface area contributed by atoms with Crippen molar-refractivity contribution in [2.45, 2.75) is 25.6 Å². The first-order chi connectivity index (χ1) is 8.86. The molecule has 0 bridgehead atoms. The first kappa shape index (κ1) is 13.8. The Hall–Kier alpha value is -1.63. The largest absolute Gasteiger partial charge is 0.433 e. The van der Waals surface area contributed by atoms with E-state index >= 15 is 0 Å². The topological polar surface area (TPSA) is 54.0 Å². The summed E-state index contributed by atoms with van der Waals surface area (Å²) in [6, 6.07) is 1.82. The van der Waals surface area contributed by atoms with Crippen molar-refractivity contribution >= 4 is 11.6 Å². The van der Waals surface area contributed by atoms with Crippen molar-refractivity contribution < 1.29 is 18.0 Å². The molecule has 7 heteroatoms. The second-order valence-electron chi connectivity index (χ2n) is 4.72. The molecule has 19 heavy (non-hydrogen) atoms. The predicted octanol–water partition coefficient (Wildman–Crippen LogP) is 2.04. The number of nitrogens with one attached hydrogen (secondary N) is 2. The van der Waals surface area contributed by atoms with Crippen LogP contribution in [-0.2, 0) is 11.0 Å². The molecule has 2 N–H and O–H groups in total. The van der Waals surface area contributed by atoms with Gasteiger partial charge in [-0.2, -0.15) is 13.2 Å². The molecule has 1 aromatic rings. The van der Waals surface area contributed by atoms with Gasteiger partial charge in [-0.25, -0.2) is 0 Å². The van der Waals surface area contributed by atoms with Gasteiger partial charge in [-0.1, -0.05) is 6.92 Å². The van der Waals surface area contributed by atoms with Crippen molar-refractivity contribution in [1.82, 2.24) is 10.3 Å². The second kappa shape index (κ2) is 5.16. The van der Waals surface area contributed by atoms with Gasteiger partial charge in [-0.05, 0) is 31.0 Å². The van der Waals surface area contributed by atoms with E-state index < -0.39 is 11.9 Å². The Bertz CT molecular complexity index is 476. The minimum absolute atomic E-state index is 0.105. The van der Waals surface area contributed by atoms with Crippen molar-refractivity contribution in [3.05, 3.63) is 24.0 Å². The highest BCUT2D eigenvalue weighted by Gasteiger charge is 2.33. The van der Waals surface area contributed by atoms with Gasteiger partial charge in [0.25, 0.3) is 0 Å². The summed E-state index contributed by atoms with van der Waals surface area (Å²) in [7, 11) is 0. The van der Waals surface area contributed by atoms with Crippen LogP contribution in [0.2, 0.25) is 0 Å². The highest BCUT2D eigenvalue weighted by molar-refractivity contribution is 5.95. The molecule has 1 aliphatic rings. The molecular weight excluding hydrogens is 259 g/mol. The fraction of sp³-hybridized carbons (Fsp3) is 0.500. The number of aromatic nitrogens is 1. The van der Waals surface area contributed by atoms with Crippen LogP contribution in [0.25, 0.3) is 0 Å². The Morgan fingerprint density at radius 2 is 2.26 bits per heavy atom. The van der Waals surface area contributed by atoms with E-state index in [9.17, 15) is 18.0 Å². The molecule has 1 unspecified atom stereocenters. The predicted molar refractivity (Wildman–Crippen MR) is 63.4 cm³/mol. The van der Waals surface area contributed by atoms with Crippen LogP contribution in [-0.4, -0.2) is 23.5 Å². The second-order valence-corrected chi connectivity index (χ2v) is 4.72.